The zero-order valence-electron chi connectivity index (χ0n) is 15.8. The van der Waals surface area contributed by atoms with Crippen LogP contribution in [0.3, 0.4) is 0 Å². The number of rotatable bonds is 4. The highest BCUT2D eigenvalue weighted by Gasteiger charge is 2.68. The van der Waals surface area contributed by atoms with E-state index in [1.54, 1.807) is 6.07 Å². The topological polar surface area (TPSA) is 34.1 Å². The Hall–Kier alpha value is -2.29. The van der Waals surface area contributed by atoms with Crippen molar-refractivity contribution >= 4 is 9.84 Å². The average Bonchev–Trinajstić information content (AvgIpc) is 2.63. The molecule has 0 radical (unpaired) electrons. The minimum Gasteiger partial charge on any atom is -0.223 e. The Kier molecular flexibility index (Phi) is 5.13. The fraction of sp³-hybridized carbons (Fsp3) is 0.333. The molecule has 162 valence electrons. The number of allylic oxidation sites excluding steroid dienone is 1. The minimum absolute atomic E-state index is 0.0250. The Morgan fingerprint density at radius 2 is 1.30 bits per heavy atom. The SMILES string of the molecule is C=C1CC(c2ccc(C(C)(C(F)(F)F)C(F)(F)F)cc2)(S(=O)(=O)c2ccccc2)C1. The van der Waals surface area contributed by atoms with Crippen molar-refractivity contribution in [3.05, 3.63) is 77.9 Å². The molecule has 0 aromatic heterocycles. The van der Waals surface area contributed by atoms with Crippen LogP contribution in [0.15, 0.2) is 71.6 Å². The molecule has 0 N–H and O–H groups in total. The van der Waals surface area contributed by atoms with Crippen LogP contribution in [-0.2, 0) is 20.0 Å². The number of halogens is 6. The number of alkyl halides is 6. The maximum absolute atomic E-state index is 13.3. The van der Waals surface area contributed by atoms with Crippen LogP contribution in [0.1, 0.15) is 30.9 Å². The predicted octanol–water partition coefficient (Wildman–Crippen LogP) is 6.09. The molecule has 1 aliphatic rings. The van der Waals surface area contributed by atoms with Gasteiger partial charge in [-0.3, -0.25) is 0 Å². The van der Waals surface area contributed by atoms with Crippen molar-refractivity contribution in [2.24, 2.45) is 0 Å². The van der Waals surface area contributed by atoms with E-state index in [0.717, 1.165) is 12.1 Å². The van der Waals surface area contributed by atoms with E-state index < -0.39 is 37.9 Å². The summed E-state index contributed by atoms with van der Waals surface area (Å²) in [5.41, 5.74) is -4.31. The summed E-state index contributed by atoms with van der Waals surface area (Å²) in [5, 5.41) is 0. The molecular formula is C21H18F6O2S. The van der Waals surface area contributed by atoms with Crippen molar-refractivity contribution < 1.29 is 34.8 Å². The van der Waals surface area contributed by atoms with Crippen LogP contribution in [0.25, 0.3) is 0 Å². The quantitative estimate of drug-likeness (QED) is 0.419. The molecule has 1 aliphatic carbocycles. The van der Waals surface area contributed by atoms with Gasteiger partial charge in [0.1, 0.15) is 4.75 Å². The summed E-state index contributed by atoms with van der Waals surface area (Å²) in [6, 6.07) is 11.0. The molecule has 2 aromatic rings. The van der Waals surface area contributed by atoms with Crippen LogP contribution < -0.4 is 0 Å². The van der Waals surface area contributed by atoms with Gasteiger partial charge in [0.2, 0.25) is 0 Å². The summed E-state index contributed by atoms with van der Waals surface area (Å²) in [6.45, 7) is 3.82. The van der Waals surface area contributed by atoms with Gasteiger partial charge in [-0.05, 0) is 43.0 Å². The third-order valence-corrected chi connectivity index (χ3v) is 8.21. The maximum Gasteiger partial charge on any atom is 0.406 e. The van der Waals surface area contributed by atoms with E-state index in [2.05, 4.69) is 6.58 Å². The molecule has 0 atom stereocenters. The predicted molar refractivity (Wildman–Crippen MR) is 99.6 cm³/mol. The maximum atomic E-state index is 13.3. The summed E-state index contributed by atoms with van der Waals surface area (Å²) in [7, 11) is -3.96. The Morgan fingerprint density at radius 3 is 1.70 bits per heavy atom. The molecule has 30 heavy (non-hydrogen) atoms. The van der Waals surface area contributed by atoms with E-state index in [1.165, 1.54) is 24.3 Å². The van der Waals surface area contributed by atoms with Crippen molar-refractivity contribution in [1.29, 1.82) is 0 Å². The second kappa shape index (κ2) is 6.87. The lowest BCUT2D eigenvalue weighted by Crippen LogP contribution is -2.51. The van der Waals surface area contributed by atoms with Crippen molar-refractivity contribution in [2.75, 3.05) is 0 Å². The molecule has 0 spiro atoms. The van der Waals surface area contributed by atoms with Crippen molar-refractivity contribution in [1.82, 2.24) is 0 Å². The van der Waals surface area contributed by atoms with E-state index in [9.17, 15) is 34.8 Å². The molecule has 0 bridgehead atoms. The van der Waals surface area contributed by atoms with Gasteiger partial charge in [-0.1, -0.05) is 54.6 Å². The second-order valence-electron chi connectivity index (χ2n) is 7.61. The summed E-state index contributed by atoms with van der Waals surface area (Å²) in [6.07, 6.45) is -11.1. The molecule has 1 fully saturated rings. The highest BCUT2D eigenvalue weighted by molar-refractivity contribution is 7.92. The first-order valence-electron chi connectivity index (χ1n) is 8.88. The largest absolute Gasteiger partial charge is 0.406 e. The van der Waals surface area contributed by atoms with E-state index in [-0.39, 0.29) is 30.2 Å². The van der Waals surface area contributed by atoms with Crippen molar-refractivity contribution in [2.45, 2.75) is 47.2 Å². The zero-order valence-corrected chi connectivity index (χ0v) is 16.6. The zero-order chi connectivity index (χ0) is 22.6. The fourth-order valence-corrected chi connectivity index (χ4v) is 5.93. The standard InChI is InChI=1S/C21H18F6O2S/c1-14-12-19(13-14,30(28,29)17-6-4-3-5-7-17)16-10-8-15(9-11-16)18(2,20(22,23)24)21(25,26)27/h3-11H,1,12-13H2,2H3. The van der Waals surface area contributed by atoms with Gasteiger partial charge in [-0.2, -0.15) is 26.3 Å². The Labute approximate surface area is 170 Å². The van der Waals surface area contributed by atoms with Gasteiger partial charge >= 0.3 is 12.4 Å². The summed E-state index contributed by atoms with van der Waals surface area (Å²) in [5.74, 6) is 0. The molecule has 0 amide bonds. The van der Waals surface area contributed by atoms with E-state index in [1.807, 2.05) is 0 Å². The van der Waals surface area contributed by atoms with E-state index in [4.69, 9.17) is 0 Å². The van der Waals surface area contributed by atoms with Crippen LogP contribution >= 0.6 is 0 Å². The first-order chi connectivity index (χ1) is 13.7. The highest BCUT2D eigenvalue weighted by Crippen LogP contribution is 2.55. The first-order valence-corrected chi connectivity index (χ1v) is 10.4. The smallest absolute Gasteiger partial charge is 0.223 e. The van der Waals surface area contributed by atoms with Crippen molar-refractivity contribution in [3.63, 3.8) is 0 Å². The lowest BCUT2D eigenvalue weighted by atomic mass is 9.74. The van der Waals surface area contributed by atoms with Crippen LogP contribution in [0.5, 0.6) is 0 Å². The highest BCUT2D eigenvalue weighted by atomic mass is 32.2. The normalized spacial score (nSPS) is 17.5. The molecule has 3 rings (SSSR count). The third kappa shape index (κ3) is 3.14. The molecule has 0 aliphatic heterocycles. The summed E-state index contributed by atoms with van der Waals surface area (Å²) in [4.78, 5) is 0.0250. The molecule has 9 heteroatoms. The summed E-state index contributed by atoms with van der Waals surface area (Å²) >= 11 is 0. The molecule has 0 unspecified atom stereocenters. The van der Waals surface area contributed by atoms with Gasteiger partial charge in [0.05, 0.1) is 4.90 Å². The van der Waals surface area contributed by atoms with Crippen molar-refractivity contribution in [3.8, 4) is 0 Å². The number of hydrogen-bond donors (Lipinski definition) is 0. The van der Waals surface area contributed by atoms with Gasteiger partial charge in [-0.15, -0.1) is 0 Å². The Morgan fingerprint density at radius 1 is 0.833 bits per heavy atom. The van der Waals surface area contributed by atoms with E-state index in [0.29, 0.717) is 17.7 Å². The second-order valence-corrected chi connectivity index (χ2v) is 9.87. The minimum atomic E-state index is -5.58. The monoisotopic (exact) mass is 448 g/mol. The lowest BCUT2D eigenvalue weighted by molar-refractivity contribution is -0.297. The average molecular weight is 448 g/mol. The lowest BCUT2D eigenvalue weighted by Gasteiger charge is -2.43. The van der Waals surface area contributed by atoms with Crippen LogP contribution in [0, 0.1) is 0 Å². The van der Waals surface area contributed by atoms with Gasteiger partial charge in [-0.25, -0.2) is 8.42 Å². The number of sulfone groups is 1. The first kappa shape index (κ1) is 22.4. The van der Waals surface area contributed by atoms with Gasteiger partial charge in [0.25, 0.3) is 0 Å². The summed E-state index contributed by atoms with van der Waals surface area (Å²) < 4.78 is 105. The van der Waals surface area contributed by atoms with Gasteiger partial charge in [0.15, 0.2) is 15.3 Å². The van der Waals surface area contributed by atoms with Crippen LogP contribution in [-0.4, -0.2) is 20.8 Å². The molecule has 0 heterocycles. The Bertz CT molecular complexity index is 1030. The van der Waals surface area contributed by atoms with Crippen LogP contribution in [0.2, 0.25) is 0 Å². The molecule has 2 aromatic carbocycles. The molecule has 2 nitrogen and oxygen atoms in total. The van der Waals surface area contributed by atoms with Gasteiger partial charge in [0, 0.05) is 0 Å². The van der Waals surface area contributed by atoms with Crippen LogP contribution in [0.4, 0.5) is 26.3 Å². The number of hydrogen-bond acceptors (Lipinski definition) is 2. The van der Waals surface area contributed by atoms with E-state index >= 15 is 0 Å². The molecular weight excluding hydrogens is 430 g/mol. The fourth-order valence-electron chi connectivity index (χ4n) is 3.73. The van der Waals surface area contributed by atoms with Gasteiger partial charge < -0.3 is 0 Å². The molecule has 1 saturated carbocycles. The molecule has 0 saturated heterocycles. The number of benzene rings is 2. The third-order valence-electron chi connectivity index (χ3n) is 5.76. The Balaban J connectivity index is 2.11.